The average molecular weight is 377 g/mol. The van der Waals surface area contributed by atoms with Crippen LogP contribution in [-0.4, -0.2) is 40.2 Å². The molecule has 2 aromatic carbocycles. The number of hydrogen-bond acceptors (Lipinski definition) is 5. The number of fused-ring (bicyclic) bond motifs is 1. The molecule has 7 heteroatoms. The molecule has 4 rings (SSSR count). The predicted octanol–water partition coefficient (Wildman–Crippen LogP) is 2.80. The number of sulfone groups is 1. The monoisotopic (exact) mass is 377 g/mol. The van der Waals surface area contributed by atoms with Crippen LogP contribution in [0.4, 0.5) is 4.39 Å². The lowest BCUT2D eigenvalue weighted by molar-refractivity contribution is 0.122. The quantitative estimate of drug-likeness (QED) is 0.888. The summed E-state index contributed by atoms with van der Waals surface area (Å²) >= 11 is 0. The summed E-state index contributed by atoms with van der Waals surface area (Å²) in [6.07, 6.45) is -0.0946. The summed E-state index contributed by atoms with van der Waals surface area (Å²) < 4.78 is 48.4. The summed E-state index contributed by atoms with van der Waals surface area (Å²) in [6, 6.07) is 12.6. The lowest BCUT2D eigenvalue weighted by atomic mass is 9.97. The van der Waals surface area contributed by atoms with Crippen molar-refractivity contribution < 1.29 is 22.3 Å². The molecular formula is C19H20FNO4S. The van der Waals surface area contributed by atoms with Crippen LogP contribution in [0.15, 0.2) is 47.4 Å². The molecule has 26 heavy (non-hydrogen) atoms. The maximum absolute atomic E-state index is 13.8. The van der Waals surface area contributed by atoms with E-state index in [0.29, 0.717) is 24.7 Å². The van der Waals surface area contributed by atoms with Gasteiger partial charge in [-0.15, -0.1) is 0 Å². The van der Waals surface area contributed by atoms with Gasteiger partial charge in [-0.2, -0.15) is 0 Å². The van der Waals surface area contributed by atoms with Crippen molar-refractivity contribution in [2.24, 2.45) is 5.92 Å². The van der Waals surface area contributed by atoms with E-state index in [2.05, 4.69) is 5.32 Å². The molecule has 138 valence electrons. The van der Waals surface area contributed by atoms with Crippen molar-refractivity contribution >= 4 is 9.84 Å². The van der Waals surface area contributed by atoms with E-state index in [1.807, 2.05) is 24.3 Å². The van der Waals surface area contributed by atoms with E-state index in [4.69, 9.17) is 9.47 Å². The zero-order valence-corrected chi connectivity index (χ0v) is 15.0. The number of piperidine rings is 1. The van der Waals surface area contributed by atoms with E-state index in [1.165, 1.54) is 0 Å². The summed E-state index contributed by atoms with van der Waals surface area (Å²) in [4.78, 5) is 0.240. The molecule has 1 N–H and O–H groups in total. The van der Waals surface area contributed by atoms with Crippen LogP contribution < -0.4 is 14.8 Å². The van der Waals surface area contributed by atoms with Crippen molar-refractivity contribution in [1.29, 1.82) is 0 Å². The molecule has 0 bridgehead atoms. The normalized spacial score (nSPS) is 23.9. The highest BCUT2D eigenvalue weighted by Crippen LogP contribution is 2.35. The number of halogens is 1. The van der Waals surface area contributed by atoms with Gasteiger partial charge in [0.1, 0.15) is 22.6 Å². The van der Waals surface area contributed by atoms with Crippen molar-refractivity contribution in [3.63, 3.8) is 0 Å². The largest absolute Gasteiger partial charge is 0.493 e. The summed E-state index contributed by atoms with van der Waals surface area (Å²) in [6.45, 7) is 1.58. The molecular weight excluding hydrogens is 357 g/mol. The Balaban J connectivity index is 1.45. The number of ether oxygens (including phenoxy) is 2. The van der Waals surface area contributed by atoms with Crippen LogP contribution >= 0.6 is 0 Å². The minimum Gasteiger partial charge on any atom is -0.493 e. The first-order valence-corrected chi connectivity index (χ1v) is 10.3. The fourth-order valence-electron chi connectivity index (χ4n) is 3.27. The lowest BCUT2D eigenvalue weighted by Gasteiger charge is -2.26. The first-order valence-electron chi connectivity index (χ1n) is 8.60. The van der Waals surface area contributed by atoms with Crippen molar-refractivity contribution in [1.82, 2.24) is 5.32 Å². The van der Waals surface area contributed by atoms with E-state index in [9.17, 15) is 12.8 Å². The van der Waals surface area contributed by atoms with Gasteiger partial charge in [-0.25, -0.2) is 12.8 Å². The van der Waals surface area contributed by atoms with Gasteiger partial charge in [-0.1, -0.05) is 18.2 Å². The molecule has 1 fully saturated rings. The van der Waals surface area contributed by atoms with Gasteiger partial charge in [-0.3, -0.25) is 0 Å². The van der Waals surface area contributed by atoms with Gasteiger partial charge in [0.2, 0.25) is 9.84 Å². The van der Waals surface area contributed by atoms with E-state index in [0.717, 1.165) is 24.1 Å². The van der Waals surface area contributed by atoms with E-state index < -0.39 is 16.0 Å². The summed E-state index contributed by atoms with van der Waals surface area (Å²) in [5.41, 5.74) is 1.80. The molecule has 5 nitrogen and oxygen atoms in total. The second-order valence-corrected chi connectivity index (χ2v) is 8.55. The molecule has 2 aromatic rings. The molecule has 2 unspecified atom stereocenters. The number of benzene rings is 2. The van der Waals surface area contributed by atoms with E-state index >= 15 is 0 Å². The molecule has 2 aliphatic heterocycles. The maximum atomic E-state index is 13.8. The Kier molecular flexibility index (Phi) is 4.58. The van der Waals surface area contributed by atoms with E-state index in [-0.39, 0.29) is 16.8 Å². The number of hydrogen-bond donors (Lipinski definition) is 1. The highest BCUT2D eigenvalue weighted by atomic mass is 32.2. The fraction of sp³-hybridized carbons (Fsp3) is 0.368. The van der Waals surface area contributed by atoms with Gasteiger partial charge in [0, 0.05) is 12.5 Å². The molecule has 0 saturated carbocycles. The molecule has 2 atom stereocenters. The van der Waals surface area contributed by atoms with Gasteiger partial charge < -0.3 is 14.8 Å². The Hall–Kier alpha value is -2.12. The van der Waals surface area contributed by atoms with Crippen LogP contribution in [0.2, 0.25) is 0 Å². The maximum Gasteiger partial charge on any atom is 0.216 e. The minimum atomic E-state index is -3.31. The van der Waals surface area contributed by atoms with Crippen LogP contribution in [0.5, 0.6) is 11.5 Å². The standard InChI is InChI=1S/C19H20FNO4S/c20-17-10-21-8-7-15(17)11-24-16-4-1-13(2-5-16)14-3-6-19-18(9-14)25-12-26(19,22)23/h1-6,9,15,17,21H,7-8,10-12H2. The van der Waals surface area contributed by atoms with Gasteiger partial charge in [0.05, 0.1) is 6.61 Å². The topological polar surface area (TPSA) is 64.6 Å². The second kappa shape index (κ2) is 6.89. The number of alkyl halides is 1. The lowest BCUT2D eigenvalue weighted by Crippen LogP contribution is -2.40. The molecule has 1 saturated heterocycles. The first-order chi connectivity index (χ1) is 12.5. The Morgan fingerprint density at radius 2 is 1.92 bits per heavy atom. The van der Waals surface area contributed by atoms with Crippen molar-refractivity contribution in [3.05, 3.63) is 42.5 Å². The van der Waals surface area contributed by atoms with Crippen LogP contribution in [0.1, 0.15) is 6.42 Å². The smallest absolute Gasteiger partial charge is 0.216 e. The molecule has 2 heterocycles. The van der Waals surface area contributed by atoms with Gasteiger partial charge in [-0.05, 0) is 48.4 Å². The predicted molar refractivity (Wildman–Crippen MR) is 95.9 cm³/mol. The molecule has 0 amide bonds. The highest BCUT2D eigenvalue weighted by Gasteiger charge is 2.28. The third kappa shape index (κ3) is 3.41. The Labute approximate surface area is 152 Å². The molecule has 0 aliphatic carbocycles. The van der Waals surface area contributed by atoms with Crippen molar-refractivity contribution in [2.45, 2.75) is 17.5 Å². The Morgan fingerprint density at radius 3 is 2.69 bits per heavy atom. The van der Waals surface area contributed by atoms with Crippen molar-refractivity contribution in [3.8, 4) is 22.6 Å². The van der Waals surface area contributed by atoms with Gasteiger partial charge >= 0.3 is 0 Å². The van der Waals surface area contributed by atoms with Crippen molar-refractivity contribution in [2.75, 3.05) is 25.6 Å². The second-order valence-electron chi connectivity index (χ2n) is 6.64. The van der Waals surface area contributed by atoms with Crippen LogP contribution in [0, 0.1) is 5.92 Å². The minimum absolute atomic E-state index is 0.0771. The molecule has 2 aliphatic rings. The molecule has 0 aromatic heterocycles. The average Bonchev–Trinajstić information content (AvgIpc) is 2.96. The van der Waals surface area contributed by atoms with Gasteiger partial charge in [0.25, 0.3) is 0 Å². The fourth-order valence-corrected chi connectivity index (χ4v) is 4.38. The van der Waals surface area contributed by atoms with Crippen LogP contribution in [-0.2, 0) is 9.84 Å². The third-order valence-electron chi connectivity index (χ3n) is 4.84. The number of nitrogens with one attached hydrogen (secondary N) is 1. The van der Waals surface area contributed by atoms with Crippen LogP contribution in [0.25, 0.3) is 11.1 Å². The third-order valence-corrected chi connectivity index (χ3v) is 6.28. The zero-order chi connectivity index (χ0) is 18.1. The van der Waals surface area contributed by atoms with Crippen LogP contribution in [0.3, 0.4) is 0 Å². The number of rotatable bonds is 4. The highest BCUT2D eigenvalue weighted by molar-refractivity contribution is 7.91. The SMILES string of the molecule is O=S1(=O)COc2cc(-c3ccc(OCC4CCNCC4F)cc3)ccc21. The Morgan fingerprint density at radius 1 is 1.15 bits per heavy atom. The molecule has 0 spiro atoms. The zero-order valence-electron chi connectivity index (χ0n) is 14.2. The molecule has 0 radical (unpaired) electrons. The summed E-state index contributed by atoms with van der Waals surface area (Å²) in [7, 11) is -3.31. The van der Waals surface area contributed by atoms with Gasteiger partial charge in [0.15, 0.2) is 5.94 Å². The Bertz CT molecular complexity index is 898. The van der Waals surface area contributed by atoms with E-state index in [1.54, 1.807) is 18.2 Å². The summed E-state index contributed by atoms with van der Waals surface area (Å²) in [5, 5.41) is 3.03. The summed E-state index contributed by atoms with van der Waals surface area (Å²) in [5.74, 6) is 0.707. The first kappa shape index (κ1) is 17.3.